The lowest BCUT2D eigenvalue weighted by molar-refractivity contribution is -0.151. The van der Waals surface area contributed by atoms with Gasteiger partial charge in [0.05, 0.1) is 0 Å². The Hall–Kier alpha value is -1.38. The van der Waals surface area contributed by atoms with Crippen LogP contribution < -0.4 is 21.7 Å². The van der Waals surface area contributed by atoms with Crippen LogP contribution >= 0.6 is 0 Å². The number of hydrogen-bond acceptors (Lipinski definition) is 7. The SMILES string of the molecule is CCCC(=O)OCOC(=O)NCCNCCNCCN. The van der Waals surface area contributed by atoms with E-state index in [0.717, 1.165) is 19.6 Å². The molecule has 0 aromatic heterocycles. The summed E-state index contributed by atoms with van der Waals surface area (Å²) in [6.45, 7) is 5.64. The number of alkyl carbamates (subject to hydrolysis) is 1. The molecule has 0 aliphatic rings. The van der Waals surface area contributed by atoms with E-state index < -0.39 is 6.09 Å². The second-order valence-electron chi connectivity index (χ2n) is 4.03. The lowest BCUT2D eigenvalue weighted by atomic mass is 10.3. The summed E-state index contributed by atoms with van der Waals surface area (Å²) in [6.07, 6.45) is 0.432. The number of ether oxygens (including phenoxy) is 2. The fraction of sp³-hybridized carbons (Fsp3) is 0.833. The van der Waals surface area contributed by atoms with Crippen molar-refractivity contribution in [2.75, 3.05) is 46.1 Å². The zero-order valence-electron chi connectivity index (χ0n) is 12.1. The third-order valence-electron chi connectivity index (χ3n) is 2.23. The van der Waals surface area contributed by atoms with Gasteiger partial charge in [0.25, 0.3) is 0 Å². The van der Waals surface area contributed by atoms with Gasteiger partial charge in [-0.1, -0.05) is 6.92 Å². The first kappa shape index (κ1) is 18.6. The van der Waals surface area contributed by atoms with E-state index >= 15 is 0 Å². The van der Waals surface area contributed by atoms with Gasteiger partial charge in [-0.2, -0.15) is 0 Å². The van der Waals surface area contributed by atoms with E-state index in [0.29, 0.717) is 32.5 Å². The van der Waals surface area contributed by atoms with Crippen LogP contribution in [0.3, 0.4) is 0 Å². The molecule has 0 fully saturated rings. The quantitative estimate of drug-likeness (QED) is 0.210. The zero-order valence-corrected chi connectivity index (χ0v) is 12.1. The molecule has 0 aliphatic heterocycles. The Kier molecular flexibility index (Phi) is 13.1. The highest BCUT2D eigenvalue weighted by atomic mass is 16.7. The number of rotatable bonds is 12. The van der Waals surface area contributed by atoms with Gasteiger partial charge in [0.1, 0.15) is 0 Å². The van der Waals surface area contributed by atoms with Gasteiger partial charge in [-0.25, -0.2) is 4.79 Å². The van der Waals surface area contributed by atoms with Crippen molar-refractivity contribution in [1.82, 2.24) is 16.0 Å². The van der Waals surface area contributed by atoms with Crippen molar-refractivity contribution in [1.29, 1.82) is 0 Å². The van der Waals surface area contributed by atoms with Crippen LogP contribution in [0.5, 0.6) is 0 Å². The number of carbonyl (C=O) groups is 2. The molecule has 20 heavy (non-hydrogen) atoms. The van der Waals surface area contributed by atoms with Crippen molar-refractivity contribution in [2.24, 2.45) is 5.73 Å². The second kappa shape index (κ2) is 14.0. The number of nitrogens with one attached hydrogen (secondary N) is 3. The van der Waals surface area contributed by atoms with Crippen LogP contribution in [0.25, 0.3) is 0 Å². The Morgan fingerprint density at radius 1 is 1.00 bits per heavy atom. The monoisotopic (exact) mass is 290 g/mol. The van der Waals surface area contributed by atoms with E-state index in [1.165, 1.54) is 0 Å². The first-order chi connectivity index (χ1) is 9.70. The normalized spacial score (nSPS) is 10.1. The summed E-state index contributed by atoms with van der Waals surface area (Å²) in [7, 11) is 0. The Labute approximate surface area is 119 Å². The van der Waals surface area contributed by atoms with Crippen LogP contribution in [0.4, 0.5) is 4.79 Å². The van der Waals surface area contributed by atoms with E-state index in [1.54, 1.807) is 0 Å². The molecule has 0 unspecified atom stereocenters. The van der Waals surface area contributed by atoms with Crippen LogP contribution in [0.2, 0.25) is 0 Å². The van der Waals surface area contributed by atoms with E-state index in [4.69, 9.17) is 5.73 Å². The van der Waals surface area contributed by atoms with E-state index in [2.05, 4.69) is 25.4 Å². The summed E-state index contributed by atoms with van der Waals surface area (Å²) in [5.74, 6) is -0.369. The van der Waals surface area contributed by atoms with E-state index in [9.17, 15) is 9.59 Å². The lowest BCUT2D eigenvalue weighted by Gasteiger charge is -2.08. The summed E-state index contributed by atoms with van der Waals surface area (Å²) in [4.78, 5) is 22.2. The molecular formula is C12H26N4O4. The Morgan fingerprint density at radius 2 is 1.65 bits per heavy atom. The molecule has 0 spiro atoms. The standard InChI is InChI=1S/C12H26N4O4/c1-2-3-11(17)19-10-20-12(18)16-9-8-15-7-6-14-5-4-13/h14-15H,2-10,13H2,1H3,(H,16,18). The van der Waals surface area contributed by atoms with Crippen LogP contribution in [-0.4, -0.2) is 58.1 Å². The topological polar surface area (TPSA) is 115 Å². The molecule has 0 aromatic rings. The predicted octanol–water partition coefficient (Wildman–Crippen LogP) is -0.849. The number of hydrogen-bond donors (Lipinski definition) is 4. The minimum atomic E-state index is -0.600. The summed E-state index contributed by atoms with van der Waals surface area (Å²) in [5.41, 5.74) is 5.32. The summed E-state index contributed by atoms with van der Waals surface area (Å²) >= 11 is 0. The largest absolute Gasteiger partial charge is 0.428 e. The van der Waals surface area contributed by atoms with Gasteiger partial charge in [-0.05, 0) is 6.42 Å². The van der Waals surface area contributed by atoms with Gasteiger partial charge in [-0.3, -0.25) is 4.79 Å². The second-order valence-corrected chi connectivity index (χ2v) is 4.03. The Morgan fingerprint density at radius 3 is 2.30 bits per heavy atom. The average Bonchev–Trinajstić information content (AvgIpc) is 2.42. The molecule has 0 heterocycles. The van der Waals surface area contributed by atoms with Crippen molar-refractivity contribution in [3.8, 4) is 0 Å². The highest BCUT2D eigenvalue weighted by Crippen LogP contribution is 1.91. The molecule has 8 heteroatoms. The van der Waals surface area contributed by atoms with Crippen LogP contribution in [0.1, 0.15) is 19.8 Å². The maximum Gasteiger partial charge on any atom is 0.410 e. The smallest absolute Gasteiger partial charge is 0.410 e. The van der Waals surface area contributed by atoms with Crippen LogP contribution in [-0.2, 0) is 14.3 Å². The van der Waals surface area contributed by atoms with Crippen LogP contribution in [0.15, 0.2) is 0 Å². The molecule has 0 saturated carbocycles. The number of amides is 1. The third kappa shape index (κ3) is 13.1. The number of esters is 1. The van der Waals surface area contributed by atoms with Gasteiger partial charge in [0.15, 0.2) is 0 Å². The van der Waals surface area contributed by atoms with E-state index in [-0.39, 0.29) is 12.8 Å². The summed E-state index contributed by atoms with van der Waals surface area (Å²) < 4.78 is 9.35. The van der Waals surface area contributed by atoms with Crippen molar-refractivity contribution in [3.63, 3.8) is 0 Å². The summed E-state index contributed by atoms with van der Waals surface area (Å²) in [6, 6.07) is 0. The van der Waals surface area contributed by atoms with Gasteiger partial charge in [0.2, 0.25) is 6.79 Å². The average molecular weight is 290 g/mol. The van der Waals surface area contributed by atoms with E-state index in [1.807, 2.05) is 6.92 Å². The molecule has 5 N–H and O–H groups in total. The molecule has 1 amide bonds. The predicted molar refractivity (Wildman–Crippen MR) is 75.1 cm³/mol. The highest BCUT2D eigenvalue weighted by Gasteiger charge is 2.04. The Bertz CT molecular complexity index is 264. The molecule has 118 valence electrons. The first-order valence-corrected chi connectivity index (χ1v) is 6.88. The fourth-order valence-electron chi connectivity index (χ4n) is 1.26. The maximum atomic E-state index is 11.2. The molecule has 0 aromatic carbocycles. The van der Waals surface area contributed by atoms with Gasteiger partial charge < -0.3 is 31.2 Å². The number of carbonyl (C=O) groups excluding carboxylic acids is 2. The highest BCUT2D eigenvalue weighted by molar-refractivity contribution is 5.70. The van der Waals surface area contributed by atoms with Gasteiger partial charge in [-0.15, -0.1) is 0 Å². The minimum Gasteiger partial charge on any atom is -0.428 e. The van der Waals surface area contributed by atoms with Crippen molar-refractivity contribution in [2.45, 2.75) is 19.8 Å². The molecule has 0 radical (unpaired) electrons. The third-order valence-corrected chi connectivity index (χ3v) is 2.23. The van der Waals surface area contributed by atoms with Gasteiger partial charge >= 0.3 is 12.1 Å². The van der Waals surface area contributed by atoms with Crippen LogP contribution in [0, 0.1) is 0 Å². The van der Waals surface area contributed by atoms with Crippen molar-refractivity contribution >= 4 is 12.1 Å². The molecule has 0 aliphatic carbocycles. The Balaban J connectivity index is 3.26. The lowest BCUT2D eigenvalue weighted by Crippen LogP contribution is -2.36. The minimum absolute atomic E-state index is 0.326. The molecule has 8 nitrogen and oxygen atoms in total. The van der Waals surface area contributed by atoms with Crippen molar-refractivity contribution in [3.05, 3.63) is 0 Å². The summed E-state index contributed by atoms with van der Waals surface area (Å²) in [5, 5.41) is 8.80. The van der Waals surface area contributed by atoms with Crippen molar-refractivity contribution < 1.29 is 19.1 Å². The molecule has 0 atom stereocenters. The molecule has 0 bridgehead atoms. The maximum absolute atomic E-state index is 11.2. The zero-order chi connectivity index (χ0) is 15.1. The molecule has 0 saturated heterocycles. The fourth-order valence-corrected chi connectivity index (χ4v) is 1.26. The first-order valence-electron chi connectivity index (χ1n) is 6.88. The van der Waals surface area contributed by atoms with Gasteiger partial charge in [0, 0.05) is 45.7 Å². The molecular weight excluding hydrogens is 264 g/mol. The molecule has 0 rings (SSSR count). The number of nitrogens with two attached hydrogens (primary N) is 1.